The molecule has 0 saturated carbocycles. The first-order chi connectivity index (χ1) is 6.61. The van der Waals surface area contributed by atoms with Crippen molar-refractivity contribution in [1.82, 2.24) is 4.98 Å². The van der Waals surface area contributed by atoms with Crippen molar-refractivity contribution in [2.75, 3.05) is 6.61 Å². The maximum Gasteiger partial charge on any atom is 0.0478 e. The van der Waals surface area contributed by atoms with E-state index in [4.69, 9.17) is 10.8 Å². The number of hydrogen-bond acceptors (Lipinski definition) is 3. The Balaban J connectivity index is 2.99. The van der Waals surface area contributed by atoms with Crippen molar-refractivity contribution in [3.63, 3.8) is 0 Å². The van der Waals surface area contributed by atoms with Gasteiger partial charge in [0, 0.05) is 30.0 Å². The van der Waals surface area contributed by atoms with Gasteiger partial charge < -0.3 is 10.8 Å². The molecule has 1 rings (SSSR count). The summed E-state index contributed by atoms with van der Waals surface area (Å²) in [5.74, 6) is 0. The number of nitrogens with two attached hydrogens (primary N) is 1. The SMILES string of the molecule is CC(N)C(C)(CCO)c1ccccn1. The van der Waals surface area contributed by atoms with Gasteiger partial charge in [0.25, 0.3) is 0 Å². The number of hydrogen-bond donors (Lipinski definition) is 2. The van der Waals surface area contributed by atoms with E-state index in [0.717, 1.165) is 5.69 Å². The third-order valence-corrected chi connectivity index (χ3v) is 2.89. The van der Waals surface area contributed by atoms with Crippen molar-refractivity contribution >= 4 is 0 Å². The Morgan fingerprint density at radius 3 is 2.71 bits per heavy atom. The first kappa shape index (κ1) is 11.1. The first-order valence-electron chi connectivity index (χ1n) is 4.89. The molecule has 0 bridgehead atoms. The van der Waals surface area contributed by atoms with E-state index >= 15 is 0 Å². The Bertz CT molecular complexity index is 274. The molecule has 1 heterocycles. The number of aliphatic hydroxyl groups excluding tert-OH is 1. The van der Waals surface area contributed by atoms with Gasteiger partial charge in [0.15, 0.2) is 0 Å². The van der Waals surface area contributed by atoms with Crippen LogP contribution in [0, 0.1) is 0 Å². The number of aromatic nitrogens is 1. The molecule has 0 aliphatic heterocycles. The standard InChI is InChI=1S/C11H18N2O/c1-9(12)11(2,6-8-14)10-5-3-4-7-13-10/h3-5,7,9,14H,6,8,12H2,1-2H3. The van der Waals surface area contributed by atoms with Crippen LogP contribution >= 0.6 is 0 Å². The topological polar surface area (TPSA) is 59.1 Å². The summed E-state index contributed by atoms with van der Waals surface area (Å²) in [6.45, 7) is 4.12. The fraction of sp³-hybridized carbons (Fsp3) is 0.545. The van der Waals surface area contributed by atoms with Crippen LogP contribution in [-0.4, -0.2) is 22.7 Å². The molecule has 0 aliphatic carbocycles. The molecule has 3 nitrogen and oxygen atoms in total. The molecule has 1 aromatic heterocycles. The van der Waals surface area contributed by atoms with Gasteiger partial charge in [0.2, 0.25) is 0 Å². The fourth-order valence-corrected chi connectivity index (χ4v) is 1.52. The van der Waals surface area contributed by atoms with Gasteiger partial charge in [-0.15, -0.1) is 0 Å². The lowest BCUT2D eigenvalue weighted by molar-refractivity contribution is 0.226. The highest BCUT2D eigenvalue weighted by atomic mass is 16.3. The first-order valence-corrected chi connectivity index (χ1v) is 4.89. The van der Waals surface area contributed by atoms with Crippen LogP contribution in [0.1, 0.15) is 26.0 Å². The minimum Gasteiger partial charge on any atom is -0.396 e. The normalized spacial score (nSPS) is 17.4. The molecule has 0 saturated heterocycles. The lowest BCUT2D eigenvalue weighted by atomic mass is 9.77. The summed E-state index contributed by atoms with van der Waals surface area (Å²) in [5, 5.41) is 9.03. The quantitative estimate of drug-likeness (QED) is 0.753. The molecule has 0 fully saturated rings. The van der Waals surface area contributed by atoms with Gasteiger partial charge in [-0.3, -0.25) is 4.98 Å². The molecule has 1 aromatic rings. The van der Waals surface area contributed by atoms with Crippen LogP contribution < -0.4 is 5.73 Å². The zero-order valence-electron chi connectivity index (χ0n) is 8.77. The summed E-state index contributed by atoms with van der Waals surface area (Å²) in [5.41, 5.74) is 6.65. The monoisotopic (exact) mass is 194 g/mol. The van der Waals surface area contributed by atoms with Gasteiger partial charge in [0.1, 0.15) is 0 Å². The molecular weight excluding hydrogens is 176 g/mol. The summed E-state index contributed by atoms with van der Waals surface area (Å²) >= 11 is 0. The smallest absolute Gasteiger partial charge is 0.0478 e. The molecule has 3 N–H and O–H groups in total. The van der Waals surface area contributed by atoms with Gasteiger partial charge in [-0.25, -0.2) is 0 Å². The van der Waals surface area contributed by atoms with Crippen LogP contribution in [-0.2, 0) is 5.41 Å². The molecular formula is C11H18N2O. The molecule has 0 spiro atoms. The summed E-state index contributed by atoms with van der Waals surface area (Å²) in [4.78, 5) is 4.30. The predicted octanol–water partition coefficient (Wildman–Crippen LogP) is 1.07. The molecule has 3 heteroatoms. The van der Waals surface area contributed by atoms with Crippen molar-refractivity contribution in [2.24, 2.45) is 5.73 Å². The molecule has 0 amide bonds. The van der Waals surface area contributed by atoms with Crippen molar-refractivity contribution in [1.29, 1.82) is 0 Å². The zero-order chi connectivity index (χ0) is 10.6. The molecule has 14 heavy (non-hydrogen) atoms. The third-order valence-electron chi connectivity index (χ3n) is 2.89. The maximum absolute atomic E-state index is 9.03. The minimum absolute atomic E-state index is 0.0236. The minimum atomic E-state index is -0.240. The average Bonchev–Trinajstić information content (AvgIpc) is 2.19. The van der Waals surface area contributed by atoms with Crippen LogP contribution in [0.4, 0.5) is 0 Å². The largest absolute Gasteiger partial charge is 0.396 e. The third kappa shape index (κ3) is 2.11. The summed E-state index contributed by atoms with van der Waals surface area (Å²) in [7, 11) is 0. The van der Waals surface area contributed by atoms with Crippen molar-refractivity contribution in [3.8, 4) is 0 Å². The Morgan fingerprint density at radius 1 is 1.57 bits per heavy atom. The van der Waals surface area contributed by atoms with Crippen LogP contribution in [0.5, 0.6) is 0 Å². The fourth-order valence-electron chi connectivity index (χ4n) is 1.52. The molecule has 2 unspecified atom stereocenters. The summed E-state index contributed by atoms with van der Waals surface area (Å²) in [6, 6.07) is 5.76. The van der Waals surface area contributed by atoms with Gasteiger partial charge in [-0.05, 0) is 25.5 Å². The highest BCUT2D eigenvalue weighted by Crippen LogP contribution is 2.28. The maximum atomic E-state index is 9.03. The lowest BCUT2D eigenvalue weighted by Gasteiger charge is -2.32. The van der Waals surface area contributed by atoms with Gasteiger partial charge in [-0.1, -0.05) is 13.0 Å². The molecule has 0 radical (unpaired) electrons. The van der Waals surface area contributed by atoms with Crippen molar-refractivity contribution in [3.05, 3.63) is 30.1 Å². The van der Waals surface area contributed by atoms with Crippen LogP contribution in [0.2, 0.25) is 0 Å². The van der Waals surface area contributed by atoms with E-state index in [1.807, 2.05) is 32.0 Å². The summed E-state index contributed by atoms with van der Waals surface area (Å²) < 4.78 is 0. The zero-order valence-corrected chi connectivity index (χ0v) is 8.77. The number of aliphatic hydroxyl groups is 1. The van der Waals surface area contributed by atoms with E-state index in [1.54, 1.807) is 6.20 Å². The Hall–Kier alpha value is -0.930. The second-order valence-electron chi connectivity index (χ2n) is 3.89. The van der Waals surface area contributed by atoms with Gasteiger partial charge in [0.05, 0.1) is 0 Å². The van der Waals surface area contributed by atoms with Crippen LogP contribution in [0.3, 0.4) is 0 Å². The van der Waals surface area contributed by atoms with Gasteiger partial charge >= 0.3 is 0 Å². The Labute approximate surface area is 85.0 Å². The van der Waals surface area contributed by atoms with E-state index in [0.29, 0.717) is 6.42 Å². The molecule has 0 aromatic carbocycles. The van der Waals surface area contributed by atoms with Crippen LogP contribution in [0.25, 0.3) is 0 Å². The number of pyridine rings is 1. The van der Waals surface area contributed by atoms with Crippen molar-refractivity contribution in [2.45, 2.75) is 31.7 Å². The second-order valence-corrected chi connectivity index (χ2v) is 3.89. The average molecular weight is 194 g/mol. The predicted molar refractivity (Wildman–Crippen MR) is 56.9 cm³/mol. The Kier molecular flexibility index (Phi) is 3.61. The second kappa shape index (κ2) is 4.53. The highest BCUT2D eigenvalue weighted by molar-refractivity contribution is 5.18. The number of nitrogens with zero attached hydrogens (tertiary/aromatic N) is 1. The van der Waals surface area contributed by atoms with Crippen LogP contribution in [0.15, 0.2) is 24.4 Å². The van der Waals surface area contributed by atoms with Gasteiger partial charge in [-0.2, -0.15) is 0 Å². The van der Waals surface area contributed by atoms with E-state index < -0.39 is 0 Å². The lowest BCUT2D eigenvalue weighted by Crippen LogP contribution is -2.42. The highest BCUT2D eigenvalue weighted by Gasteiger charge is 2.31. The number of rotatable bonds is 4. The summed E-state index contributed by atoms with van der Waals surface area (Å²) in [6.07, 6.45) is 2.40. The Morgan fingerprint density at radius 2 is 2.29 bits per heavy atom. The molecule has 78 valence electrons. The molecule has 0 aliphatic rings. The van der Waals surface area contributed by atoms with E-state index in [9.17, 15) is 0 Å². The van der Waals surface area contributed by atoms with Crippen molar-refractivity contribution < 1.29 is 5.11 Å². The van der Waals surface area contributed by atoms with E-state index in [-0.39, 0.29) is 18.1 Å². The van der Waals surface area contributed by atoms with E-state index in [1.165, 1.54) is 0 Å². The van der Waals surface area contributed by atoms with E-state index in [2.05, 4.69) is 4.98 Å². The molecule has 2 atom stereocenters.